The van der Waals surface area contributed by atoms with Crippen LogP contribution in [0.3, 0.4) is 0 Å². The summed E-state index contributed by atoms with van der Waals surface area (Å²) in [7, 11) is -3.98. The van der Waals surface area contributed by atoms with Gasteiger partial charge in [-0.25, -0.2) is 8.42 Å². The SMILES string of the molecule is O=C1CCSc2ccc(C(=O)N3CCN(S(=O)(=O)c4ccc(C(F)(F)F)cc4)CC3)cc2N1. The molecule has 2 aliphatic heterocycles. The van der Waals surface area contributed by atoms with Crippen LogP contribution in [0.4, 0.5) is 18.9 Å². The molecule has 0 atom stereocenters. The molecule has 2 aliphatic rings. The molecule has 0 spiro atoms. The summed E-state index contributed by atoms with van der Waals surface area (Å²) in [5.41, 5.74) is 0.0414. The van der Waals surface area contributed by atoms with Crippen molar-refractivity contribution >= 4 is 39.3 Å². The number of rotatable bonds is 3. The first kappa shape index (κ1) is 23.6. The number of alkyl halides is 3. The first-order chi connectivity index (χ1) is 15.6. The Morgan fingerprint density at radius 3 is 2.30 bits per heavy atom. The van der Waals surface area contributed by atoms with E-state index in [1.165, 1.54) is 16.7 Å². The maximum absolute atomic E-state index is 12.9. The van der Waals surface area contributed by atoms with E-state index in [4.69, 9.17) is 0 Å². The van der Waals surface area contributed by atoms with Crippen LogP contribution in [0.1, 0.15) is 22.3 Å². The number of nitrogens with one attached hydrogen (secondary N) is 1. The molecular weight excluding hydrogens is 479 g/mol. The highest BCUT2D eigenvalue weighted by molar-refractivity contribution is 7.99. The topological polar surface area (TPSA) is 86.8 Å². The van der Waals surface area contributed by atoms with E-state index in [1.54, 1.807) is 18.2 Å². The lowest BCUT2D eigenvalue weighted by Crippen LogP contribution is -2.50. The monoisotopic (exact) mass is 499 g/mol. The van der Waals surface area contributed by atoms with Crippen molar-refractivity contribution in [2.75, 3.05) is 37.2 Å². The van der Waals surface area contributed by atoms with Crippen LogP contribution in [0.15, 0.2) is 52.3 Å². The molecular formula is C21H20F3N3O4S2. The molecule has 0 radical (unpaired) electrons. The molecule has 33 heavy (non-hydrogen) atoms. The Morgan fingerprint density at radius 2 is 1.67 bits per heavy atom. The number of fused-ring (bicyclic) bond motifs is 1. The second kappa shape index (κ2) is 8.99. The van der Waals surface area contributed by atoms with E-state index in [0.29, 0.717) is 23.4 Å². The molecule has 0 aromatic heterocycles. The van der Waals surface area contributed by atoms with Crippen molar-refractivity contribution in [1.29, 1.82) is 0 Å². The molecule has 2 amide bonds. The zero-order valence-corrected chi connectivity index (χ0v) is 18.9. The molecule has 2 aromatic carbocycles. The molecule has 1 fully saturated rings. The van der Waals surface area contributed by atoms with E-state index >= 15 is 0 Å². The maximum Gasteiger partial charge on any atom is 0.416 e. The highest BCUT2D eigenvalue weighted by Crippen LogP contribution is 2.32. The van der Waals surface area contributed by atoms with Gasteiger partial charge in [0.1, 0.15) is 0 Å². The number of piperazine rings is 1. The zero-order valence-electron chi connectivity index (χ0n) is 17.3. The van der Waals surface area contributed by atoms with Crippen LogP contribution in [0, 0.1) is 0 Å². The molecule has 176 valence electrons. The summed E-state index contributed by atoms with van der Waals surface area (Å²) < 4.78 is 65.0. The lowest BCUT2D eigenvalue weighted by atomic mass is 10.1. The van der Waals surface area contributed by atoms with Gasteiger partial charge in [0.2, 0.25) is 15.9 Å². The van der Waals surface area contributed by atoms with Crippen molar-refractivity contribution in [3.05, 3.63) is 53.6 Å². The molecule has 0 saturated carbocycles. The van der Waals surface area contributed by atoms with Gasteiger partial charge in [0.25, 0.3) is 5.91 Å². The molecule has 1 saturated heterocycles. The fourth-order valence-corrected chi connectivity index (χ4v) is 5.99. The molecule has 2 heterocycles. The number of thioether (sulfide) groups is 1. The highest BCUT2D eigenvalue weighted by Gasteiger charge is 2.33. The average Bonchev–Trinajstić information content (AvgIpc) is 2.98. The number of carbonyl (C=O) groups excluding carboxylic acids is 2. The summed E-state index contributed by atoms with van der Waals surface area (Å²) in [5, 5.41) is 2.79. The standard InChI is InChI=1S/C21H20F3N3O4S2/c22-21(23,24)15-2-4-16(5-3-15)33(30,31)27-10-8-26(9-11-27)20(29)14-1-6-18-17(13-14)25-19(28)7-12-32-18/h1-6,13H,7-12H2,(H,25,28). The number of amides is 2. The summed E-state index contributed by atoms with van der Waals surface area (Å²) in [5.74, 6) is 0.252. The summed E-state index contributed by atoms with van der Waals surface area (Å²) >= 11 is 1.53. The van der Waals surface area contributed by atoms with E-state index in [2.05, 4.69) is 5.32 Å². The summed E-state index contributed by atoms with van der Waals surface area (Å²) in [6.07, 6.45) is -4.16. The fourth-order valence-electron chi connectivity index (χ4n) is 3.63. The Labute approximate surface area is 193 Å². The highest BCUT2D eigenvalue weighted by atomic mass is 32.2. The average molecular weight is 500 g/mol. The van der Waals surface area contributed by atoms with Crippen molar-refractivity contribution in [1.82, 2.24) is 9.21 Å². The minimum absolute atomic E-state index is 0.0205. The van der Waals surface area contributed by atoms with Crippen LogP contribution in [0.2, 0.25) is 0 Å². The van der Waals surface area contributed by atoms with Gasteiger partial charge in [0.15, 0.2) is 0 Å². The van der Waals surface area contributed by atoms with Crippen LogP contribution >= 0.6 is 11.8 Å². The Hall–Kier alpha value is -2.57. The Morgan fingerprint density at radius 1 is 1.00 bits per heavy atom. The first-order valence-electron chi connectivity index (χ1n) is 10.1. The number of carbonyl (C=O) groups is 2. The Bertz CT molecular complexity index is 1180. The normalized spacial score (nSPS) is 17.8. The molecule has 0 unspecified atom stereocenters. The number of halogens is 3. The molecule has 0 bridgehead atoms. The predicted molar refractivity (Wildman–Crippen MR) is 117 cm³/mol. The van der Waals surface area contributed by atoms with E-state index in [0.717, 1.165) is 33.5 Å². The van der Waals surface area contributed by atoms with Crippen LogP contribution in [-0.2, 0) is 21.0 Å². The minimum Gasteiger partial charge on any atom is -0.336 e. The number of benzene rings is 2. The smallest absolute Gasteiger partial charge is 0.336 e. The van der Waals surface area contributed by atoms with Gasteiger partial charge < -0.3 is 10.2 Å². The molecule has 4 rings (SSSR count). The third kappa shape index (κ3) is 5.02. The molecule has 0 aliphatic carbocycles. The van der Waals surface area contributed by atoms with Crippen molar-refractivity contribution < 1.29 is 31.2 Å². The third-order valence-electron chi connectivity index (χ3n) is 5.43. The molecule has 12 heteroatoms. The molecule has 1 N–H and O–H groups in total. The van der Waals surface area contributed by atoms with Gasteiger partial charge >= 0.3 is 6.18 Å². The van der Waals surface area contributed by atoms with E-state index in [1.807, 2.05) is 0 Å². The van der Waals surface area contributed by atoms with Gasteiger partial charge in [-0.1, -0.05) is 0 Å². The maximum atomic E-state index is 12.9. The number of sulfonamides is 1. The fraction of sp³-hybridized carbons (Fsp3) is 0.333. The first-order valence-corrected chi connectivity index (χ1v) is 12.5. The number of anilines is 1. The van der Waals surface area contributed by atoms with E-state index in [9.17, 15) is 31.2 Å². The third-order valence-corrected chi connectivity index (χ3v) is 8.42. The van der Waals surface area contributed by atoms with Gasteiger partial charge in [-0.05, 0) is 42.5 Å². The van der Waals surface area contributed by atoms with Crippen LogP contribution in [-0.4, -0.2) is 61.4 Å². The summed E-state index contributed by atoms with van der Waals surface area (Å²) in [4.78, 5) is 26.9. The van der Waals surface area contributed by atoms with Crippen LogP contribution < -0.4 is 5.32 Å². The van der Waals surface area contributed by atoms with Gasteiger partial charge in [-0.2, -0.15) is 17.5 Å². The Kier molecular flexibility index (Phi) is 6.43. The van der Waals surface area contributed by atoms with Crippen molar-refractivity contribution in [2.45, 2.75) is 22.4 Å². The van der Waals surface area contributed by atoms with Crippen LogP contribution in [0.5, 0.6) is 0 Å². The summed E-state index contributed by atoms with van der Waals surface area (Å²) in [6.45, 7) is 0.313. The number of nitrogens with zero attached hydrogens (tertiary/aromatic N) is 2. The largest absolute Gasteiger partial charge is 0.416 e. The summed E-state index contributed by atoms with van der Waals surface area (Å²) in [6, 6.07) is 8.44. The zero-order chi connectivity index (χ0) is 23.8. The number of hydrogen-bond acceptors (Lipinski definition) is 5. The van der Waals surface area contributed by atoms with E-state index < -0.39 is 21.8 Å². The Balaban J connectivity index is 1.43. The van der Waals surface area contributed by atoms with E-state index in [-0.39, 0.29) is 42.9 Å². The number of hydrogen-bond donors (Lipinski definition) is 1. The van der Waals surface area contributed by atoms with Gasteiger partial charge in [0, 0.05) is 48.8 Å². The molecule has 7 nitrogen and oxygen atoms in total. The minimum atomic E-state index is -4.55. The second-order valence-corrected chi connectivity index (χ2v) is 10.7. The van der Waals surface area contributed by atoms with Crippen molar-refractivity contribution in [3.8, 4) is 0 Å². The van der Waals surface area contributed by atoms with Crippen molar-refractivity contribution in [2.24, 2.45) is 0 Å². The van der Waals surface area contributed by atoms with Gasteiger partial charge in [-0.3, -0.25) is 9.59 Å². The van der Waals surface area contributed by atoms with Crippen LogP contribution in [0.25, 0.3) is 0 Å². The predicted octanol–water partition coefficient (Wildman–Crippen LogP) is 3.29. The van der Waals surface area contributed by atoms with Crippen molar-refractivity contribution in [3.63, 3.8) is 0 Å². The van der Waals surface area contributed by atoms with Gasteiger partial charge in [0.05, 0.1) is 16.1 Å². The second-order valence-electron chi connectivity index (χ2n) is 7.58. The lowest BCUT2D eigenvalue weighted by molar-refractivity contribution is -0.137. The lowest BCUT2D eigenvalue weighted by Gasteiger charge is -2.34. The quantitative estimate of drug-likeness (QED) is 0.701. The molecule has 2 aromatic rings. The van der Waals surface area contributed by atoms with Gasteiger partial charge in [-0.15, -0.1) is 11.8 Å².